The van der Waals surface area contributed by atoms with Gasteiger partial charge < -0.3 is 4.74 Å². The molecule has 0 heterocycles. The Morgan fingerprint density at radius 3 is 1.38 bits per heavy atom. The summed E-state index contributed by atoms with van der Waals surface area (Å²) in [6.45, 7) is 2.86. The summed E-state index contributed by atoms with van der Waals surface area (Å²) < 4.78 is 40.1. The number of hydrogen-bond acceptors (Lipinski definition) is 1. The molecule has 0 aromatic carbocycles. The molecule has 0 bridgehead atoms. The zero-order chi connectivity index (χ0) is 17.9. The number of alkyl halides is 3. The van der Waals surface area contributed by atoms with Crippen molar-refractivity contribution in [2.45, 2.75) is 102 Å². The van der Waals surface area contributed by atoms with E-state index in [1.54, 1.807) is 0 Å². The fourth-order valence-electron chi connectivity index (χ4n) is 2.80. The zero-order valence-electron chi connectivity index (χ0n) is 15.3. The molecular formula is C20H37F3O. The van der Waals surface area contributed by atoms with Crippen LogP contribution in [0.5, 0.6) is 0 Å². The molecule has 0 aliphatic carbocycles. The zero-order valence-corrected chi connectivity index (χ0v) is 15.3. The van der Waals surface area contributed by atoms with Crippen molar-refractivity contribution in [2.75, 3.05) is 13.2 Å². The maximum atomic E-state index is 11.8. The van der Waals surface area contributed by atoms with Crippen LogP contribution < -0.4 is 0 Å². The van der Waals surface area contributed by atoms with Crippen LogP contribution in [-0.4, -0.2) is 19.4 Å². The summed E-state index contributed by atoms with van der Waals surface area (Å²) in [6.07, 6.45) is 16.3. The number of allylic oxidation sites excluding steroid dienone is 1. The average molecular weight is 351 g/mol. The van der Waals surface area contributed by atoms with Crippen molar-refractivity contribution in [3.63, 3.8) is 0 Å². The second-order valence-electron chi connectivity index (χ2n) is 6.69. The molecule has 0 fully saturated rings. The van der Waals surface area contributed by atoms with Gasteiger partial charge in [-0.2, -0.15) is 13.2 Å². The van der Waals surface area contributed by atoms with Crippen molar-refractivity contribution in [3.8, 4) is 0 Å². The van der Waals surface area contributed by atoms with Gasteiger partial charge in [0.1, 0.15) is 6.61 Å². The summed E-state index contributed by atoms with van der Waals surface area (Å²) in [5, 5.41) is 0. The molecule has 0 atom stereocenters. The molecule has 0 aliphatic heterocycles. The first kappa shape index (κ1) is 23.5. The van der Waals surface area contributed by atoms with Crippen LogP contribution >= 0.6 is 0 Å². The predicted octanol–water partition coefficient (Wildman–Crippen LogP) is 7.60. The van der Waals surface area contributed by atoms with Crippen molar-refractivity contribution in [1.29, 1.82) is 0 Å². The Kier molecular flexibility index (Phi) is 16.9. The Bertz CT molecular complexity index is 264. The van der Waals surface area contributed by atoms with Gasteiger partial charge in [0.05, 0.1) is 0 Å². The minimum absolute atomic E-state index is 0.229. The van der Waals surface area contributed by atoms with Gasteiger partial charge in [0.25, 0.3) is 0 Å². The smallest absolute Gasteiger partial charge is 0.372 e. The quantitative estimate of drug-likeness (QED) is 0.183. The van der Waals surface area contributed by atoms with E-state index in [2.05, 4.69) is 11.3 Å². The monoisotopic (exact) mass is 350 g/mol. The van der Waals surface area contributed by atoms with Crippen molar-refractivity contribution < 1.29 is 17.9 Å². The first-order valence-electron chi connectivity index (χ1n) is 9.81. The van der Waals surface area contributed by atoms with Crippen molar-refractivity contribution >= 4 is 0 Å². The van der Waals surface area contributed by atoms with Crippen LogP contribution in [0, 0.1) is 0 Å². The Labute approximate surface area is 147 Å². The van der Waals surface area contributed by atoms with Crippen LogP contribution in [0.15, 0.2) is 12.7 Å². The van der Waals surface area contributed by atoms with Crippen LogP contribution in [0.25, 0.3) is 0 Å². The summed E-state index contributed by atoms with van der Waals surface area (Å²) in [4.78, 5) is 0. The molecule has 0 saturated heterocycles. The van der Waals surface area contributed by atoms with Crippen molar-refractivity contribution in [2.24, 2.45) is 0 Å². The van der Waals surface area contributed by atoms with Crippen LogP contribution in [-0.2, 0) is 4.74 Å². The largest absolute Gasteiger partial charge is 0.411 e. The number of ether oxygens (including phenoxy) is 1. The van der Waals surface area contributed by atoms with E-state index in [9.17, 15) is 13.2 Å². The van der Waals surface area contributed by atoms with E-state index >= 15 is 0 Å². The molecule has 0 amide bonds. The Morgan fingerprint density at radius 2 is 1.00 bits per heavy atom. The molecule has 0 spiro atoms. The summed E-state index contributed by atoms with van der Waals surface area (Å²) >= 11 is 0. The van der Waals surface area contributed by atoms with Crippen molar-refractivity contribution in [1.82, 2.24) is 0 Å². The maximum absolute atomic E-state index is 11.8. The van der Waals surface area contributed by atoms with Gasteiger partial charge in [-0.15, -0.1) is 6.58 Å². The molecule has 4 heteroatoms. The van der Waals surface area contributed by atoms with Gasteiger partial charge >= 0.3 is 6.18 Å². The number of halogens is 3. The van der Waals surface area contributed by atoms with Crippen LogP contribution in [0.3, 0.4) is 0 Å². The Balaban J connectivity index is 3.01. The Hall–Kier alpha value is -0.510. The summed E-state index contributed by atoms with van der Waals surface area (Å²) in [5.74, 6) is 0. The third-order valence-corrected chi connectivity index (χ3v) is 4.21. The third kappa shape index (κ3) is 21.5. The molecular weight excluding hydrogens is 313 g/mol. The molecule has 0 radical (unpaired) electrons. The standard InChI is InChI=1S/C20H37F3O/c1-2-3-4-5-6-7-8-9-10-11-12-13-14-15-16-17-18-24-19-20(21,22)23/h2H,1,3-19H2. The first-order chi connectivity index (χ1) is 11.6. The molecule has 0 aliphatic rings. The van der Waals surface area contributed by atoms with Gasteiger partial charge in [0.2, 0.25) is 0 Å². The van der Waals surface area contributed by atoms with Gasteiger partial charge in [-0.25, -0.2) is 0 Å². The predicted molar refractivity (Wildman–Crippen MR) is 96.3 cm³/mol. The van der Waals surface area contributed by atoms with Crippen molar-refractivity contribution in [3.05, 3.63) is 12.7 Å². The molecule has 0 rings (SSSR count). The summed E-state index contributed by atoms with van der Waals surface area (Å²) in [7, 11) is 0. The fraction of sp³-hybridized carbons (Fsp3) is 0.900. The minimum Gasteiger partial charge on any atom is -0.372 e. The van der Waals surface area contributed by atoms with Gasteiger partial charge in [0.15, 0.2) is 0 Å². The molecule has 24 heavy (non-hydrogen) atoms. The molecule has 144 valence electrons. The van der Waals surface area contributed by atoms with Gasteiger partial charge in [-0.05, 0) is 19.3 Å². The maximum Gasteiger partial charge on any atom is 0.411 e. The molecule has 0 aromatic rings. The second-order valence-corrected chi connectivity index (χ2v) is 6.69. The molecule has 0 aromatic heterocycles. The molecule has 1 nitrogen and oxygen atoms in total. The van der Waals surface area contributed by atoms with Crippen LogP contribution in [0.4, 0.5) is 13.2 Å². The molecule has 0 saturated carbocycles. The number of hydrogen-bond donors (Lipinski definition) is 0. The second kappa shape index (κ2) is 17.3. The highest BCUT2D eigenvalue weighted by molar-refractivity contribution is 4.65. The Morgan fingerprint density at radius 1 is 0.625 bits per heavy atom. The van der Waals surface area contributed by atoms with E-state index in [4.69, 9.17) is 0 Å². The molecule has 0 unspecified atom stereocenters. The number of rotatable bonds is 18. The lowest BCUT2D eigenvalue weighted by Crippen LogP contribution is -2.17. The highest BCUT2D eigenvalue weighted by atomic mass is 19.4. The lowest BCUT2D eigenvalue weighted by atomic mass is 10.0. The third-order valence-electron chi connectivity index (χ3n) is 4.21. The van der Waals surface area contributed by atoms with Gasteiger partial charge in [-0.1, -0.05) is 83.1 Å². The summed E-state index contributed by atoms with van der Waals surface area (Å²) in [5.41, 5.74) is 0. The van der Waals surface area contributed by atoms with E-state index in [0.717, 1.165) is 25.7 Å². The minimum atomic E-state index is -4.19. The lowest BCUT2D eigenvalue weighted by molar-refractivity contribution is -0.174. The number of unbranched alkanes of at least 4 members (excludes halogenated alkanes) is 14. The summed E-state index contributed by atoms with van der Waals surface area (Å²) in [6, 6.07) is 0. The topological polar surface area (TPSA) is 9.23 Å². The highest BCUT2D eigenvalue weighted by Gasteiger charge is 2.27. The van der Waals surface area contributed by atoms with Crippen LogP contribution in [0.1, 0.15) is 96.3 Å². The first-order valence-corrected chi connectivity index (χ1v) is 9.81. The normalized spacial score (nSPS) is 11.8. The average Bonchev–Trinajstić information content (AvgIpc) is 2.52. The molecule has 0 N–H and O–H groups in total. The lowest BCUT2D eigenvalue weighted by Gasteiger charge is -2.07. The van der Waals surface area contributed by atoms with E-state index < -0.39 is 12.8 Å². The van der Waals surface area contributed by atoms with E-state index in [-0.39, 0.29) is 6.61 Å². The van der Waals surface area contributed by atoms with E-state index in [0.29, 0.717) is 0 Å². The van der Waals surface area contributed by atoms with E-state index in [1.165, 1.54) is 70.6 Å². The van der Waals surface area contributed by atoms with Crippen LogP contribution in [0.2, 0.25) is 0 Å². The SMILES string of the molecule is C=CCCCCCCCCCCCCCCCCOCC(F)(F)F. The fourth-order valence-corrected chi connectivity index (χ4v) is 2.80. The highest BCUT2D eigenvalue weighted by Crippen LogP contribution is 2.15. The van der Waals surface area contributed by atoms with Gasteiger partial charge in [-0.3, -0.25) is 0 Å². The van der Waals surface area contributed by atoms with Gasteiger partial charge in [0, 0.05) is 6.61 Å². The van der Waals surface area contributed by atoms with E-state index in [1.807, 2.05) is 6.08 Å².